The molecule has 1 aliphatic carbocycles. The fraction of sp³-hybridized carbons (Fsp3) is 0.750. The van der Waals surface area contributed by atoms with Gasteiger partial charge in [-0.1, -0.05) is 13.8 Å². The van der Waals surface area contributed by atoms with Gasteiger partial charge in [-0.2, -0.15) is 0 Å². The number of anilines is 1. The summed E-state index contributed by atoms with van der Waals surface area (Å²) in [5, 5.41) is 3.41. The van der Waals surface area contributed by atoms with Gasteiger partial charge in [-0.15, -0.1) is 0 Å². The van der Waals surface area contributed by atoms with Crippen LogP contribution in [-0.2, 0) is 13.0 Å². The van der Waals surface area contributed by atoms with Crippen LogP contribution in [0, 0.1) is 5.92 Å². The van der Waals surface area contributed by atoms with E-state index in [1.54, 1.807) is 0 Å². The predicted octanol–water partition coefficient (Wildman–Crippen LogP) is 2.38. The van der Waals surface area contributed by atoms with Gasteiger partial charge in [-0.05, 0) is 25.2 Å². The van der Waals surface area contributed by atoms with E-state index in [-0.39, 0.29) is 0 Å². The summed E-state index contributed by atoms with van der Waals surface area (Å²) in [7, 11) is 0. The Kier molecular flexibility index (Phi) is 2.01. The van der Waals surface area contributed by atoms with Crippen molar-refractivity contribution in [1.82, 2.24) is 9.55 Å². The lowest BCUT2D eigenvalue weighted by Gasteiger charge is -2.25. The van der Waals surface area contributed by atoms with Crippen molar-refractivity contribution >= 4 is 5.95 Å². The van der Waals surface area contributed by atoms with Gasteiger partial charge in [0.2, 0.25) is 5.95 Å². The number of fused-ring (bicyclic) bond motifs is 3. The molecule has 0 spiro atoms. The molecule has 0 aromatic carbocycles. The number of nitrogens with one attached hydrogen (secondary N) is 1. The summed E-state index contributed by atoms with van der Waals surface area (Å²) in [6.07, 6.45) is 3.75. The highest BCUT2D eigenvalue weighted by atomic mass is 15.2. The van der Waals surface area contributed by atoms with Gasteiger partial charge in [-0.3, -0.25) is 0 Å². The standard InChI is InChI=1S/C12H19N3/c1-8-6-9(2)11-10(7-8)15-5-3-4-13-12(15)14-11/h8-9H,3-7H2,1-2H3,(H,13,14). The SMILES string of the molecule is CC1Cc2c(nc3n2CCCN3)C(C)C1. The summed E-state index contributed by atoms with van der Waals surface area (Å²) in [6.45, 7) is 6.91. The highest BCUT2D eigenvalue weighted by Crippen LogP contribution is 2.36. The van der Waals surface area contributed by atoms with Gasteiger partial charge in [0, 0.05) is 24.7 Å². The van der Waals surface area contributed by atoms with Crippen LogP contribution in [0.15, 0.2) is 0 Å². The van der Waals surface area contributed by atoms with Gasteiger partial charge in [-0.25, -0.2) is 4.98 Å². The molecule has 0 fully saturated rings. The highest BCUT2D eigenvalue weighted by Gasteiger charge is 2.28. The van der Waals surface area contributed by atoms with E-state index in [1.807, 2.05) is 0 Å². The Morgan fingerprint density at radius 1 is 1.40 bits per heavy atom. The molecule has 1 N–H and O–H groups in total. The van der Waals surface area contributed by atoms with Gasteiger partial charge in [0.05, 0.1) is 5.69 Å². The Balaban J connectivity index is 2.08. The third-order valence-corrected chi connectivity index (χ3v) is 3.71. The molecule has 1 aliphatic heterocycles. The second kappa shape index (κ2) is 3.26. The average molecular weight is 205 g/mol. The number of imidazole rings is 1. The van der Waals surface area contributed by atoms with Crippen LogP contribution in [0.4, 0.5) is 5.95 Å². The zero-order chi connectivity index (χ0) is 10.4. The van der Waals surface area contributed by atoms with Crippen LogP contribution < -0.4 is 5.32 Å². The van der Waals surface area contributed by atoms with E-state index >= 15 is 0 Å². The van der Waals surface area contributed by atoms with Crippen LogP contribution in [0.25, 0.3) is 0 Å². The van der Waals surface area contributed by atoms with Gasteiger partial charge in [0.1, 0.15) is 0 Å². The third kappa shape index (κ3) is 1.36. The fourth-order valence-electron chi connectivity index (χ4n) is 3.06. The Morgan fingerprint density at radius 2 is 2.27 bits per heavy atom. The summed E-state index contributed by atoms with van der Waals surface area (Å²) in [5.41, 5.74) is 2.86. The van der Waals surface area contributed by atoms with Crippen LogP contribution in [0.2, 0.25) is 0 Å². The number of aromatic nitrogens is 2. The van der Waals surface area contributed by atoms with Gasteiger partial charge in [0.25, 0.3) is 0 Å². The molecule has 0 saturated carbocycles. The predicted molar refractivity (Wildman–Crippen MR) is 61.2 cm³/mol. The molecule has 3 heteroatoms. The minimum Gasteiger partial charge on any atom is -0.356 e. The molecule has 3 nitrogen and oxygen atoms in total. The first-order valence-electron chi connectivity index (χ1n) is 6.09. The smallest absolute Gasteiger partial charge is 0.203 e. The largest absolute Gasteiger partial charge is 0.356 e. The van der Waals surface area contributed by atoms with Crippen molar-refractivity contribution in [3.05, 3.63) is 11.4 Å². The van der Waals surface area contributed by atoms with Crippen molar-refractivity contribution < 1.29 is 0 Å². The number of nitrogens with zero attached hydrogens (tertiary/aromatic N) is 2. The Bertz CT molecular complexity index is 380. The molecule has 0 radical (unpaired) electrons. The second-order valence-corrected chi connectivity index (χ2v) is 5.15. The van der Waals surface area contributed by atoms with Gasteiger partial charge in [0.15, 0.2) is 0 Å². The molecular weight excluding hydrogens is 186 g/mol. The summed E-state index contributed by atoms with van der Waals surface area (Å²) in [6, 6.07) is 0. The molecule has 1 aromatic heterocycles. The van der Waals surface area contributed by atoms with Crippen molar-refractivity contribution in [2.24, 2.45) is 5.92 Å². The van der Waals surface area contributed by atoms with Crippen LogP contribution in [0.5, 0.6) is 0 Å². The number of rotatable bonds is 0. The molecule has 0 bridgehead atoms. The summed E-state index contributed by atoms with van der Waals surface area (Å²) >= 11 is 0. The molecule has 1 aromatic rings. The molecule has 15 heavy (non-hydrogen) atoms. The minimum absolute atomic E-state index is 0.642. The molecule has 82 valence electrons. The first-order chi connectivity index (χ1) is 7.25. The van der Waals surface area contributed by atoms with E-state index < -0.39 is 0 Å². The van der Waals surface area contributed by atoms with Crippen LogP contribution in [0.3, 0.4) is 0 Å². The lowest BCUT2D eigenvalue weighted by atomic mass is 9.84. The number of hydrogen-bond donors (Lipinski definition) is 1. The van der Waals surface area contributed by atoms with Crippen LogP contribution in [0.1, 0.15) is 44.0 Å². The molecule has 3 rings (SSSR count). The van der Waals surface area contributed by atoms with E-state index in [9.17, 15) is 0 Å². The van der Waals surface area contributed by atoms with E-state index in [0.717, 1.165) is 25.0 Å². The van der Waals surface area contributed by atoms with E-state index in [0.29, 0.717) is 5.92 Å². The van der Waals surface area contributed by atoms with Gasteiger partial charge < -0.3 is 9.88 Å². The van der Waals surface area contributed by atoms with Crippen LogP contribution >= 0.6 is 0 Å². The highest BCUT2D eigenvalue weighted by molar-refractivity contribution is 5.38. The maximum Gasteiger partial charge on any atom is 0.203 e. The molecule has 0 saturated heterocycles. The normalized spacial score (nSPS) is 29.2. The molecule has 2 atom stereocenters. The Hall–Kier alpha value is -0.990. The molecular formula is C12H19N3. The maximum atomic E-state index is 4.76. The third-order valence-electron chi connectivity index (χ3n) is 3.71. The van der Waals surface area contributed by atoms with E-state index in [2.05, 4.69) is 23.7 Å². The first kappa shape index (κ1) is 9.25. The second-order valence-electron chi connectivity index (χ2n) is 5.15. The summed E-state index contributed by atoms with van der Waals surface area (Å²) in [5.74, 6) is 2.58. The van der Waals surface area contributed by atoms with Crippen LogP contribution in [-0.4, -0.2) is 16.1 Å². The lowest BCUT2D eigenvalue weighted by Crippen LogP contribution is -2.21. The van der Waals surface area contributed by atoms with Crippen molar-refractivity contribution in [1.29, 1.82) is 0 Å². The van der Waals surface area contributed by atoms with E-state index in [4.69, 9.17) is 4.98 Å². The first-order valence-corrected chi connectivity index (χ1v) is 6.09. The molecule has 0 amide bonds. The van der Waals surface area contributed by atoms with Gasteiger partial charge >= 0.3 is 0 Å². The summed E-state index contributed by atoms with van der Waals surface area (Å²) in [4.78, 5) is 4.76. The Labute approximate surface area is 90.9 Å². The van der Waals surface area contributed by atoms with Crippen molar-refractivity contribution in [3.63, 3.8) is 0 Å². The zero-order valence-electron chi connectivity index (χ0n) is 9.58. The summed E-state index contributed by atoms with van der Waals surface area (Å²) < 4.78 is 2.41. The quantitative estimate of drug-likeness (QED) is 0.704. The number of hydrogen-bond acceptors (Lipinski definition) is 2. The lowest BCUT2D eigenvalue weighted by molar-refractivity contribution is 0.427. The van der Waals surface area contributed by atoms with Crippen molar-refractivity contribution in [2.45, 2.75) is 45.6 Å². The maximum absolute atomic E-state index is 4.76. The molecule has 2 unspecified atom stereocenters. The fourth-order valence-corrected chi connectivity index (χ4v) is 3.06. The molecule has 2 aliphatic rings. The zero-order valence-corrected chi connectivity index (χ0v) is 9.58. The average Bonchev–Trinajstić information content (AvgIpc) is 2.57. The van der Waals surface area contributed by atoms with Crippen molar-refractivity contribution in [3.8, 4) is 0 Å². The molecule has 2 heterocycles. The van der Waals surface area contributed by atoms with E-state index in [1.165, 1.54) is 30.7 Å². The topological polar surface area (TPSA) is 29.9 Å². The van der Waals surface area contributed by atoms with Crippen molar-refractivity contribution in [2.75, 3.05) is 11.9 Å². The monoisotopic (exact) mass is 205 g/mol. The minimum atomic E-state index is 0.642. The Morgan fingerprint density at radius 3 is 3.13 bits per heavy atom.